The lowest BCUT2D eigenvalue weighted by atomic mass is 10.1. The van der Waals surface area contributed by atoms with Gasteiger partial charge in [0.1, 0.15) is 6.61 Å². The van der Waals surface area contributed by atoms with Crippen molar-refractivity contribution in [2.75, 3.05) is 29.5 Å². The van der Waals surface area contributed by atoms with Crippen molar-refractivity contribution in [2.45, 2.75) is 12.3 Å². The first-order valence-electron chi connectivity index (χ1n) is 5.36. The zero-order chi connectivity index (χ0) is 13.3. The molecule has 0 atom stereocenters. The lowest BCUT2D eigenvalue weighted by molar-refractivity contribution is -0.115. The van der Waals surface area contributed by atoms with Gasteiger partial charge in [-0.25, -0.2) is 8.78 Å². The second kappa shape index (κ2) is 4.41. The molecule has 5 nitrogen and oxygen atoms in total. The van der Waals surface area contributed by atoms with Gasteiger partial charge >= 0.3 is 0 Å². The predicted molar refractivity (Wildman–Crippen MR) is 63.7 cm³/mol. The molecule has 1 amide bonds. The van der Waals surface area contributed by atoms with Crippen molar-refractivity contribution in [2.24, 2.45) is 0 Å². The molecule has 0 aromatic heterocycles. The normalized spacial score (nSPS) is 14.3. The molecule has 0 radical (unpaired) electrons. The van der Waals surface area contributed by atoms with E-state index in [-0.39, 0.29) is 12.3 Å². The first-order valence-corrected chi connectivity index (χ1v) is 5.36. The topological polar surface area (TPSA) is 87.4 Å². The quantitative estimate of drug-likeness (QED) is 0.601. The van der Waals surface area contributed by atoms with Gasteiger partial charge in [-0.1, -0.05) is 0 Å². The molecule has 0 spiro atoms. The summed E-state index contributed by atoms with van der Waals surface area (Å²) in [6.07, 6.45) is 0.243. The van der Waals surface area contributed by atoms with E-state index in [9.17, 15) is 13.6 Å². The van der Waals surface area contributed by atoms with Gasteiger partial charge in [-0.05, 0) is 17.7 Å². The fourth-order valence-corrected chi connectivity index (χ4v) is 1.73. The van der Waals surface area contributed by atoms with Gasteiger partial charge in [-0.2, -0.15) is 0 Å². The van der Waals surface area contributed by atoms with E-state index >= 15 is 0 Å². The summed E-state index contributed by atoms with van der Waals surface area (Å²) in [5.41, 5.74) is 7.62. The number of hydrogen-bond donors (Lipinski definition) is 4. The number of aliphatic hydroxyl groups is 1. The number of amides is 1. The van der Waals surface area contributed by atoms with Crippen molar-refractivity contribution in [1.29, 1.82) is 0 Å². The molecular weight excluding hydrogens is 244 g/mol. The molecule has 1 aliphatic heterocycles. The predicted octanol–water partition coefficient (Wildman–Crippen LogP) is 0.803. The second-order valence-corrected chi connectivity index (χ2v) is 4.19. The summed E-state index contributed by atoms with van der Waals surface area (Å²) >= 11 is 0. The molecule has 0 saturated carbocycles. The number of nitrogens with one attached hydrogen (secondary N) is 2. The fourth-order valence-electron chi connectivity index (χ4n) is 1.73. The van der Waals surface area contributed by atoms with Gasteiger partial charge in [0.05, 0.1) is 24.3 Å². The Bertz CT molecular complexity index is 491. The molecule has 0 bridgehead atoms. The van der Waals surface area contributed by atoms with Crippen LogP contribution in [0.5, 0.6) is 0 Å². The number of anilines is 3. The van der Waals surface area contributed by atoms with Gasteiger partial charge in [0.2, 0.25) is 5.91 Å². The summed E-state index contributed by atoms with van der Waals surface area (Å²) in [6, 6.07) is 3.09. The van der Waals surface area contributed by atoms with Crippen LogP contribution in [0.4, 0.5) is 25.8 Å². The summed E-state index contributed by atoms with van der Waals surface area (Å²) in [6.45, 7) is -1.96. The van der Waals surface area contributed by atoms with Crippen LogP contribution in [0.2, 0.25) is 0 Å². The monoisotopic (exact) mass is 257 g/mol. The van der Waals surface area contributed by atoms with Crippen molar-refractivity contribution in [1.82, 2.24) is 0 Å². The molecule has 98 valence electrons. The molecule has 0 fully saturated rings. The second-order valence-electron chi connectivity index (χ2n) is 4.19. The molecule has 2 rings (SSSR count). The molecule has 1 aromatic rings. The number of benzene rings is 1. The van der Waals surface area contributed by atoms with E-state index < -0.39 is 19.1 Å². The fraction of sp³-hybridized carbons (Fsp3) is 0.364. The van der Waals surface area contributed by atoms with Crippen molar-refractivity contribution in [3.05, 3.63) is 17.7 Å². The average Bonchev–Trinajstić information content (AvgIpc) is 2.65. The summed E-state index contributed by atoms with van der Waals surface area (Å²) in [5.74, 6) is -3.36. The molecule has 0 aliphatic carbocycles. The summed E-state index contributed by atoms with van der Waals surface area (Å²) in [4.78, 5) is 11.2. The first-order chi connectivity index (χ1) is 8.41. The summed E-state index contributed by atoms with van der Waals surface area (Å²) in [5, 5.41) is 13.5. The van der Waals surface area contributed by atoms with Crippen LogP contribution in [0.3, 0.4) is 0 Å². The highest BCUT2D eigenvalue weighted by atomic mass is 19.3. The van der Waals surface area contributed by atoms with E-state index in [1.54, 1.807) is 6.07 Å². The highest BCUT2D eigenvalue weighted by Crippen LogP contribution is 2.31. The highest BCUT2D eigenvalue weighted by Gasteiger charge is 2.28. The molecular formula is C11H13F2N3O2. The number of hydrogen-bond acceptors (Lipinski definition) is 4. The minimum atomic E-state index is -3.21. The highest BCUT2D eigenvalue weighted by molar-refractivity contribution is 6.00. The molecule has 5 N–H and O–H groups in total. The first kappa shape index (κ1) is 12.6. The number of fused-ring (bicyclic) bond motifs is 1. The SMILES string of the molecule is Nc1cc2c(cc1NCC(F)(F)CO)NC(=O)C2. The van der Waals surface area contributed by atoms with E-state index in [1.165, 1.54) is 6.07 Å². The molecule has 1 aromatic carbocycles. The van der Waals surface area contributed by atoms with Crippen LogP contribution < -0.4 is 16.4 Å². The van der Waals surface area contributed by atoms with Gasteiger partial charge < -0.3 is 21.5 Å². The van der Waals surface area contributed by atoms with Gasteiger partial charge in [0.25, 0.3) is 5.92 Å². The van der Waals surface area contributed by atoms with Crippen LogP contribution in [0.1, 0.15) is 5.56 Å². The van der Waals surface area contributed by atoms with Crippen molar-refractivity contribution in [3.63, 3.8) is 0 Å². The molecule has 1 aliphatic rings. The largest absolute Gasteiger partial charge is 0.397 e. The lowest BCUT2D eigenvalue weighted by Crippen LogP contribution is -2.31. The van der Waals surface area contributed by atoms with Gasteiger partial charge in [-0.15, -0.1) is 0 Å². The zero-order valence-corrected chi connectivity index (χ0v) is 9.46. The Morgan fingerprint density at radius 2 is 2.22 bits per heavy atom. The standard InChI is InChI=1S/C11H13F2N3O2/c12-11(13,5-17)4-15-9-3-8-6(1-7(9)14)2-10(18)16-8/h1,3,15,17H,2,4-5,14H2,(H,16,18). The van der Waals surface area contributed by atoms with Crippen LogP contribution in [0.25, 0.3) is 0 Å². The smallest absolute Gasteiger partial charge is 0.287 e. The number of halogens is 2. The Labute approximate surface area is 102 Å². The van der Waals surface area contributed by atoms with Gasteiger partial charge in [-0.3, -0.25) is 4.79 Å². The van der Waals surface area contributed by atoms with Crippen molar-refractivity contribution in [3.8, 4) is 0 Å². The molecule has 0 saturated heterocycles. The average molecular weight is 257 g/mol. The van der Waals surface area contributed by atoms with E-state index in [4.69, 9.17) is 10.8 Å². The number of nitrogens with two attached hydrogens (primary N) is 1. The van der Waals surface area contributed by atoms with Gasteiger partial charge in [0.15, 0.2) is 0 Å². The third kappa shape index (κ3) is 2.51. The van der Waals surface area contributed by atoms with Crippen LogP contribution in [-0.4, -0.2) is 30.1 Å². The van der Waals surface area contributed by atoms with E-state index in [2.05, 4.69) is 10.6 Å². The molecule has 7 heteroatoms. The summed E-state index contributed by atoms with van der Waals surface area (Å²) in [7, 11) is 0. The van der Waals surface area contributed by atoms with E-state index in [0.29, 0.717) is 17.1 Å². The Morgan fingerprint density at radius 3 is 2.89 bits per heavy atom. The maximum Gasteiger partial charge on any atom is 0.287 e. The van der Waals surface area contributed by atoms with Gasteiger partial charge in [0, 0.05) is 5.69 Å². The Kier molecular flexibility index (Phi) is 3.08. The summed E-state index contributed by atoms with van der Waals surface area (Å²) < 4.78 is 25.8. The third-order valence-corrected chi connectivity index (χ3v) is 2.67. The number of aliphatic hydroxyl groups excluding tert-OH is 1. The molecule has 18 heavy (non-hydrogen) atoms. The Balaban J connectivity index is 2.15. The van der Waals surface area contributed by atoms with Crippen LogP contribution in [-0.2, 0) is 11.2 Å². The molecule has 0 unspecified atom stereocenters. The zero-order valence-electron chi connectivity index (χ0n) is 9.46. The number of carbonyl (C=O) groups is 1. The van der Waals surface area contributed by atoms with Crippen LogP contribution in [0, 0.1) is 0 Å². The van der Waals surface area contributed by atoms with E-state index in [1.807, 2.05) is 0 Å². The van der Waals surface area contributed by atoms with Crippen LogP contribution >= 0.6 is 0 Å². The van der Waals surface area contributed by atoms with Crippen LogP contribution in [0.15, 0.2) is 12.1 Å². The maximum atomic E-state index is 12.9. The Hall–Kier alpha value is -1.89. The maximum absolute atomic E-state index is 12.9. The van der Waals surface area contributed by atoms with E-state index in [0.717, 1.165) is 5.56 Å². The third-order valence-electron chi connectivity index (χ3n) is 2.67. The van der Waals surface area contributed by atoms with Crippen molar-refractivity contribution < 1.29 is 18.7 Å². The minimum Gasteiger partial charge on any atom is -0.397 e. The lowest BCUT2D eigenvalue weighted by Gasteiger charge is -2.16. The Morgan fingerprint density at radius 1 is 1.50 bits per heavy atom. The van der Waals surface area contributed by atoms with Crippen molar-refractivity contribution >= 4 is 23.0 Å². The number of rotatable bonds is 4. The minimum absolute atomic E-state index is 0.151. The number of nitrogen functional groups attached to an aromatic ring is 1. The number of alkyl halides is 2. The molecule has 1 heterocycles. The number of carbonyl (C=O) groups excluding carboxylic acids is 1.